The number of carbonyl (C=O) groups excluding carboxylic acids is 3. The summed E-state index contributed by atoms with van der Waals surface area (Å²) in [4.78, 5) is 52.1. The summed E-state index contributed by atoms with van der Waals surface area (Å²) in [6, 6.07) is 7.15. The van der Waals surface area contributed by atoms with Gasteiger partial charge in [-0.15, -0.1) is 0 Å². The van der Waals surface area contributed by atoms with E-state index in [9.17, 15) is 24.5 Å². The number of ether oxygens (including phenoxy) is 2. The van der Waals surface area contributed by atoms with E-state index in [2.05, 4.69) is 20.7 Å². The van der Waals surface area contributed by atoms with Crippen LogP contribution in [-0.4, -0.2) is 62.2 Å². The predicted molar refractivity (Wildman–Crippen MR) is 161 cm³/mol. The minimum Gasteiger partial charge on any atom is -0.494 e. The van der Waals surface area contributed by atoms with E-state index in [4.69, 9.17) is 20.9 Å². The quantitative estimate of drug-likeness (QED) is 0.0931. The molecule has 4 aromatic rings. The van der Waals surface area contributed by atoms with Gasteiger partial charge in [0.15, 0.2) is 5.69 Å². The van der Waals surface area contributed by atoms with Crippen molar-refractivity contribution in [2.24, 2.45) is 18.5 Å². The van der Waals surface area contributed by atoms with Crippen LogP contribution >= 0.6 is 0 Å². The number of primary amides is 2. The third kappa shape index (κ3) is 6.53. The lowest BCUT2D eigenvalue weighted by atomic mass is 10.1. The standard InChI is InChI=1S/C28H33N9O7/c1-5-36-20(10-15(2)34-36)27(40)33-28-32-18-11-16(25(29)38)14-22(24(18)35(28)3)44-9-7-6-8-31-23-19(37(41)42)12-17(26(30)39)13-21(23)43-4/h10-14,31H,5-9H2,1-4H3,(H2,29,38)(H2,30,39)(H,32,33,40). The van der Waals surface area contributed by atoms with Gasteiger partial charge < -0.3 is 30.8 Å². The maximum absolute atomic E-state index is 13.0. The molecule has 0 radical (unpaired) electrons. The van der Waals surface area contributed by atoms with Crippen LogP contribution in [0.3, 0.4) is 0 Å². The first-order valence-corrected chi connectivity index (χ1v) is 13.6. The Hall–Kier alpha value is -5.67. The van der Waals surface area contributed by atoms with Crippen molar-refractivity contribution in [1.29, 1.82) is 0 Å². The number of benzene rings is 2. The Kier molecular flexibility index (Phi) is 9.31. The monoisotopic (exact) mass is 607 g/mol. The number of aromatic nitrogens is 4. The van der Waals surface area contributed by atoms with Crippen LogP contribution in [0.1, 0.15) is 56.7 Å². The Bertz CT molecular complexity index is 1760. The van der Waals surface area contributed by atoms with Gasteiger partial charge in [-0.1, -0.05) is 0 Å². The molecule has 16 heteroatoms. The molecular weight excluding hydrogens is 574 g/mol. The van der Waals surface area contributed by atoms with Crippen molar-refractivity contribution in [3.8, 4) is 11.5 Å². The number of hydrogen-bond acceptors (Lipinski definition) is 10. The van der Waals surface area contributed by atoms with Crippen LogP contribution in [0.2, 0.25) is 0 Å². The average molecular weight is 608 g/mol. The van der Waals surface area contributed by atoms with E-state index in [0.717, 1.165) is 6.07 Å². The highest BCUT2D eigenvalue weighted by Crippen LogP contribution is 2.36. The van der Waals surface area contributed by atoms with Gasteiger partial charge in [0.2, 0.25) is 17.8 Å². The van der Waals surface area contributed by atoms with Gasteiger partial charge in [-0.05, 0) is 51.0 Å². The second-order valence-electron chi connectivity index (χ2n) is 9.82. The summed E-state index contributed by atoms with van der Waals surface area (Å²) in [6.45, 7) is 4.74. The molecule has 4 rings (SSSR count). The van der Waals surface area contributed by atoms with Gasteiger partial charge in [0, 0.05) is 37.3 Å². The summed E-state index contributed by atoms with van der Waals surface area (Å²) >= 11 is 0. The number of anilines is 2. The second-order valence-corrected chi connectivity index (χ2v) is 9.82. The number of methoxy groups -OCH3 is 1. The van der Waals surface area contributed by atoms with E-state index in [0.29, 0.717) is 54.1 Å². The highest BCUT2D eigenvalue weighted by atomic mass is 16.6. The number of hydrogen-bond donors (Lipinski definition) is 4. The molecule has 16 nitrogen and oxygen atoms in total. The third-order valence-electron chi connectivity index (χ3n) is 6.79. The van der Waals surface area contributed by atoms with Gasteiger partial charge in [0.1, 0.15) is 22.7 Å². The lowest BCUT2D eigenvalue weighted by Crippen LogP contribution is -2.19. The number of aryl methyl sites for hydroxylation is 3. The molecule has 0 atom stereocenters. The molecule has 44 heavy (non-hydrogen) atoms. The first kappa shape index (κ1) is 31.3. The summed E-state index contributed by atoms with van der Waals surface area (Å²) in [5.41, 5.74) is 12.8. The molecule has 0 saturated carbocycles. The number of rotatable bonds is 14. The van der Waals surface area contributed by atoms with Gasteiger partial charge in [-0.3, -0.25) is 34.5 Å². The Balaban J connectivity index is 1.47. The fourth-order valence-electron chi connectivity index (χ4n) is 4.66. The normalized spacial score (nSPS) is 10.9. The number of nitrogens with two attached hydrogens (primary N) is 2. The minimum atomic E-state index is -0.813. The number of nitrogens with one attached hydrogen (secondary N) is 2. The number of carbonyl (C=O) groups is 3. The van der Waals surface area contributed by atoms with Crippen molar-refractivity contribution in [3.05, 3.63) is 63.0 Å². The van der Waals surface area contributed by atoms with Crippen LogP contribution in [0.15, 0.2) is 30.3 Å². The molecule has 3 amide bonds. The molecule has 232 valence electrons. The first-order valence-electron chi connectivity index (χ1n) is 13.6. The van der Waals surface area contributed by atoms with Gasteiger partial charge in [0.25, 0.3) is 11.6 Å². The largest absolute Gasteiger partial charge is 0.494 e. The van der Waals surface area contributed by atoms with Gasteiger partial charge >= 0.3 is 0 Å². The lowest BCUT2D eigenvalue weighted by molar-refractivity contribution is -0.384. The zero-order valence-corrected chi connectivity index (χ0v) is 24.7. The first-order chi connectivity index (χ1) is 20.9. The highest BCUT2D eigenvalue weighted by Gasteiger charge is 2.23. The van der Waals surface area contributed by atoms with Crippen LogP contribution < -0.4 is 31.6 Å². The molecule has 0 aliphatic rings. The summed E-state index contributed by atoms with van der Waals surface area (Å²) in [7, 11) is 3.04. The van der Waals surface area contributed by atoms with Crippen LogP contribution in [0.25, 0.3) is 11.0 Å². The maximum atomic E-state index is 13.0. The lowest BCUT2D eigenvalue weighted by Gasteiger charge is -2.13. The molecule has 0 aliphatic heterocycles. The van der Waals surface area contributed by atoms with Crippen molar-refractivity contribution >= 4 is 46.1 Å². The molecule has 0 aliphatic carbocycles. The van der Waals surface area contributed by atoms with Crippen molar-refractivity contribution < 1.29 is 28.8 Å². The van der Waals surface area contributed by atoms with E-state index in [1.54, 1.807) is 29.3 Å². The summed E-state index contributed by atoms with van der Waals surface area (Å²) in [5, 5.41) is 21.7. The molecule has 0 bridgehead atoms. The van der Waals surface area contributed by atoms with E-state index in [-0.39, 0.29) is 40.8 Å². The molecule has 6 N–H and O–H groups in total. The predicted octanol–water partition coefficient (Wildman–Crippen LogP) is 2.74. The van der Waals surface area contributed by atoms with Crippen molar-refractivity contribution in [2.45, 2.75) is 33.2 Å². The highest BCUT2D eigenvalue weighted by molar-refractivity contribution is 6.04. The molecule has 0 spiro atoms. The fraction of sp³-hybridized carbons (Fsp3) is 0.321. The summed E-state index contributed by atoms with van der Waals surface area (Å²) in [5.74, 6) is -1.18. The van der Waals surface area contributed by atoms with E-state index in [1.165, 1.54) is 25.3 Å². The van der Waals surface area contributed by atoms with Crippen LogP contribution in [0, 0.1) is 17.0 Å². The average Bonchev–Trinajstić information content (AvgIpc) is 3.52. The minimum absolute atomic E-state index is 0.0439. The molecule has 0 saturated heterocycles. The Morgan fingerprint density at radius 2 is 1.73 bits per heavy atom. The number of nitrogens with zero attached hydrogens (tertiary/aromatic N) is 5. The zero-order chi connectivity index (χ0) is 32.1. The second kappa shape index (κ2) is 13.1. The number of nitro groups is 1. The Morgan fingerprint density at radius 1 is 1.05 bits per heavy atom. The van der Waals surface area contributed by atoms with Crippen LogP contribution in [-0.2, 0) is 13.6 Å². The van der Waals surface area contributed by atoms with Gasteiger partial charge in [0.05, 0.1) is 29.9 Å². The Morgan fingerprint density at radius 3 is 2.36 bits per heavy atom. The number of fused-ring (bicyclic) bond motifs is 1. The topological polar surface area (TPSA) is 225 Å². The Labute approximate surface area is 251 Å². The summed E-state index contributed by atoms with van der Waals surface area (Å²) < 4.78 is 14.5. The zero-order valence-electron chi connectivity index (χ0n) is 24.7. The molecule has 0 fully saturated rings. The van der Waals surface area contributed by atoms with Crippen LogP contribution in [0.5, 0.6) is 11.5 Å². The molecule has 0 unspecified atom stereocenters. The van der Waals surface area contributed by atoms with Gasteiger partial charge in [-0.25, -0.2) is 4.98 Å². The number of nitro benzene ring substituents is 1. The SMILES string of the molecule is CCn1nc(C)cc1C(=O)Nc1nc2cc(C(N)=O)cc(OCCCCNc3c(OC)cc(C(N)=O)cc3[N+](=O)[O-])c2n1C. The van der Waals surface area contributed by atoms with Crippen molar-refractivity contribution in [1.82, 2.24) is 19.3 Å². The summed E-state index contributed by atoms with van der Waals surface area (Å²) in [6.07, 6.45) is 1.06. The molecular formula is C28H33N9O7. The number of unbranched alkanes of at least 4 members (excludes halogenated alkanes) is 1. The van der Waals surface area contributed by atoms with Crippen molar-refractivity contribution in [3.63, 3.8) is 0 Å². The maximum Gasteiger partial charge on any atom is 0.296 e. The van der Waals surface area contributed by atoms with Crippen molar-refractivity contribution in [2.75, 3.05) is 30.9 Å². The van der Waals surface area contributed by atoms with E-state index in [1.807, 2.05) is 6.92 Å². The molecule has 2 aromatic carbocycles. The van der Waals surface area contributed by atoms with Gasteiger partial charge in [-0.2, -0.15) is 5.10 Å². The molecule has 2 aromatic heterocycles. The third-order valence-corrected chi connectivity index (χ3v) is 6.79. The molecule has 2 heterocycles. The number of amides is 3. The van der Waals surface area contributed by atoms with Crippen LogP contribution in [0.4, 0.5) is 17.3 Å². The smallest absolute Gasteiger partial charge is 0.296 e. The number of imidazole rings is 1. The van der Waals surface area contributed by atoms with E-state index >= 15 is 0 Å². The fourth-order valence-corrected chi connectivity index (χ4v) is 4.66. The van der Waals surface area contributed by atoms with E-state index < -0.39 is 22.6 Å².